The van der Waals surface area contributed by atoms with E-state index in [-0.39, 0.29) is 9.90 Å². The third-order valence-electron chi connectivity index (χ3n) is 0. The van der Waals surface area contributed by atoms with Gasteiger partial charge in [-0.3, -0.25) is 0 Å². The summed E-state index contributed by atoms with van der Waals surface area (Å²) in [6, 6.07) is 0. The van der Waals surface area contributed by atoms with Crippen molar-refractivity contribution in [3.05, 3.63) is 0 Å². The molecule has 0 nitrogen and oxygen atoms in total. The Morgan fingerprint density at radius 1 is 1.00 bits per heavy atom. The normalized spacial score (nSPS) is 9.00. The molecule has 0 aromatic rings. The number of halogens is 3. The van der Waals surface area contributed by atoms with Gasteiger partial charge in [0.25, 0.3) is 0 Å². The first-order chi connectivity index (χ1) is 1.73. The van der Waals surface area contributed by atoms with E-state index in [1.165, 1.54) is 0 Å². The summed E-state index contributed by atoms with van der Waals surface area (Å²) >= 11 is -1.53. The van der Waals surface area contributed by atoms with E-state index >= 15 is 0 Å². The zero-order valence-corrected chi connectivity index (χ0v) is 7.44. The number of hydrogen-bond acceptors (Lipinski definition) is 0. The molecule has 5 heteroatoms. The van der Waals surface area contributed by atoms with E-state index in [0.29, 0.717) is 0 Å². The van der Waals surface area contributed by atoms with E-state index in [9.17, 15) is 0 Å². The van der Waals surface area contributed by atoms with Crippen molar-refractivity contribution in [1.82, 2.24) is 0 Å². The second-order valence-corrected chi connectivity index (χ2v) is 7.39. The average Bonchev–Trinajstić information content (AvgIpc) is 0.811. The molecule has 5 heavy (non-hydrogen) atoms. The Hall–Kier alpha value is 2.53. The monoisotopic (exact) mass is 314 g/mol. The Morgan fingerprint density at radius 2 is 1.00 bits per heavy atom. The Morgan fingerprint density at radius 3 is 1.00 bits per heavy atom. The minimum atomic E-state index is -1.53. The van der Waals surface area contributed by atoms with Crippen molar-refractivity contribution in [3.63, 3.8) is 0 Å². The summed E-state index contributed by atoms with van der Waals surface area (Å²) in [5, 5.41) is 0. The maximum atomic E-state index is 4.92. The predicted octanol–water partition coefficient (Wildman–Crippen LogP) is 2.13. The van der Waals surface area contributed by atoms with Crippen LogP contribution in [0.25, 0.3) is 0 Å². The SMILES string of the molecule is P.[Cl][Lu]([Cl])[Cl]. The summed E-state index contributed by atoms with van der Waals surface area (Å²) in [5.74, 6) is 0. The van der Waals surface area contributed by atoms with Crippen molar-refractivity contribution in [2.75, 3.05) is 0 Å². The summed E-state index contributed by atoms with van der Waals surface area (Å²) < 4.78 is 0. The third-order valence-corrected chi connectivity index (χ3v) is 0. The Bertz CT molecular complexity index is 11.6. The molecule has 0 spiro atoms. The van der Waals surface area contributed by atoms with Gasteiger partial charge in [0.1, 0.15) is 0 Å². The summed E-state index contributed by atoms with van der Waals surface area (Å²) in [7, 11) is 0. The van der Waals surface area contributed by atoms with Crippen molar-refractivity contribution >= 4 is 29.6 Å². The number of rotatable bonds is 0. The fourth-order valence-electron chi connectivity index (χ4n) is 0. The molecule has 0 rings (SSSR count). The average molecular weight is 315 g/mol. The van der Waals surface area contributed by atoms with E-state index in [4.69, 9.17) is 19.7 Å². The van der Waals surface area contributed by atoms with Gasteiger partial charge < -0.3 is 0 Å². The molecule has 0 heterocycles. The molecular weight excluding hydrogens is 312 g/mol. The van der Waals surface area contributed by atoms with Gasteiger partial charge >= 0.3 is 46.3 Å². The molecule has 0 amide bonds. The molecule has 1 atom stereocenters. The van der Waals surface area contributed by atoms with Crippen LogP contribution in [0.4, 0.5) is 0 Å². The van der Waals surface area contributed by atoms with Gasteiger partial charge in [0, 0.05) is 0 Å². The molecule has 0 fully saturated rings. The third kappa shape index (κ3) is 20.9. The van der Waals surface area contributed by atoms with E-state index in [0.717, 1.165) is 0 Å². The molecule has 0 aliphatic heterocycles. The molecule has 0 bridgehead atoms. The fraction of sp³-hybridized carbons (Fsp3) is 0. The van der Waals surface area contributed by atoms with Crippen molar-refractivity contribution in [2.24, 2.45) is 0 Å². The van der Waals surface area contributed by atoms with Gasteiger partial charge in [-0.2, -0.15) is 9.90 Å². The summed E-state index contributed by atoms with van der Waals surface area (Å²) in [6.45, 7) is 14.7. The van der Waals surface area contributed by atoms with Crippen LogP contribution in [-0.4, -0.2) is 0 Å². The van der Waals surface area contributed by atoms with Gasteiger partial charge in [0.15, 0.2) is 0 Å². The Labute approximate surface area is 55.1 Å². The van der Waals surface area contributed by atoms with Crippen LogP contribution < -0.4 is 0 Å². The standard InChI is InChI=1S/3ClH.Lu.H3P/h3*1H;;1H3/q;;;+3;/p-3. The quantitative estimate of drug-likeness (QED) is 0.601. The molecule has 0 aliphatic rings. The second-order valence-electron chi connectivity index (χ2n) is 0.111. The molecule has 0 saturated heterocycles. The molecular formula is H3Cl3LuP. The molecule has 0 aromatic heterocycles. The van der Waals surface area contributed by atoms with E-state index in [2.05, 4.69) is 0 Å². The second kappa shape index (κ2) is 6.53. The Balaban J connectivity index is 0. The van der Waals surface area contributed by atoms with Crippen LogP contribution in [0.2, 0.25) is 0 Å². The van der Waals surface area contributed by atoms with Crippen LogP contribution in [0, 0.1) is 26.7 Å². The first-order valence-corrected chi connectivity index (χ1v) is 6.51. The predicted molar refractivity (Wildman–Crippen MR) is 28.7 cm³/mol. The Kier molecular flexibility index (Phi) is 13.7. The summed E-state index contributed by atoms with van der Waals surface area (Å²) in [5.41, 5.74) is 0. The van der Waals surface area contributed by atoms with Crippen LogP contribution in [-0.2, 0) is 0 Å². The van der Waals surface area contributed by atoms with E-state index in [1.807, 2.05) is 0 Å². The van der Waals surface area contributed by atoms with E-state index in [1.54, 1.807) is 0 Å². The van der Waals surface area contributed by atoms with Crippen LogP contribution in [0.1, 0.15) is 0 Å². The molecule has 0 aromatic carbocycles. The molecule has 0 N–H and O–H groups in total. The van der Waals surface area contributed by atoms with E-state index < -0.39 is 26.7 Å². The zero-order valence-electron chi connectivity index (χ0n) is 2.10. The van der Waals surface area contributed by atoms with Crippen LogP contribution >= 0.6 is 29.6 Å². The van der Waals surface area contributed by atoms with Crippen molar-refractivity contribution < 1.29 is 26.7 Å². The first kappa shape index (κ1) is 10.5. The summed E-state index contributed by atoms with van der Waals surface area (Å²) in [6.07, 6.45) is 0. The van der Waals surface area contributed by atoms with Crippen molar-refractivity contribution in [3.8, 4) is 0 Å². The number of hydrogen-bond donors (Lipinski definition) is 0. The van der Waals surface area contributed by atoms with Gasteiger partial charge in [-0.1, -0.05) is 0 Å². The zero-order chi connectivity index (χ0) is 3.58. The molecule has 1 unspecified atom stereocenters. The van der Waals surface area contributed by atoms with Gasteiger partial charge in [-0.15, -0.1) is 0 Å². The molecule has 0 aliphatic carbocycles. The van der Waals surface area contributed by atoms with Gasteiger partial charge in [0.2, 0.25) is 0 Å². The molecule has 0 saturated carbocycles. The van der Waals surface area contributed by atoms with Crippen LogP contribution in [0.15, 0.2) is 0 Å². The molecule has 44 valence electrons. The van der Waals surface area contributed by atoms with Crippen molar-refractivity contribution in [2.45, 2.75) is 0 Å². The van der Waals surface area contributed by atoms with Gasteiger partial charge in [0.05, 0.1) is 0 Å². The topological polar surface area (TPSA) is 0 Å². The van der Waals surface area contributed by atoms with Crippen LogP contribution in [0.3, 0.4) is 0 Å². The minimum absolute atomic E-state index is 0. The van der Waals surface area contributed by atoms with Gasteiger partial charge in [-0.05, 0) is 0 Å². The van der Waals surface area contributed by atoms with Crippen LogP contribution in [0.5, 0.6) is 0 Å². The molecule has 0 radical (unpaired) electrons. The fourth-order valence-corrected chi connectivity index (χ4v) is 0. The van der Waals surface area contributed by atoms with Gasteiger partial charge in [-0.25, -0.2) is 0 Å². The maximum absolute atomic E-state index is 4.92. The van der Waals surface area contributed by atoms with Crippen molar-refractivity contribution in [1.29, 1.82) is 0 Å². The summed E-state index contributed by atoms with van der Waals surface area (Å²) in [4.78, 5) is 0. The first-order valence-electron chi connectivity index (χ1n) is 0.293.